The molecule has 0 aliphatic heterocycles. The van der Waals surface area contributed by atoms with Crippen molar-refractivity contribution in [3.8, 4) is 45.3 Å². The number of aromatic nitrogens is 3. The van der Waals surface area contributed by atoms with E-state index in [1.807, 2.05) is 66.7 Å². The fraction of sp³-hybridized carbons (Fsp3) is 0. The largest absolute Gasteiger partial charge is 0.456 e. The smallest absolute Gasteiger partial charge is 0.164 e. The van der Waals surface area contributed by atoms with E-state index in [9.17, 15) is 0 Å². The minimum atomic E-state index is 0.603. The van der Waals surface area contributed by atoms with Crippen molar-refractivity contribution in [1.29, 1.82) is 0 Å². The van der Waals surface area contributed by atoms with Gasteiger partial charge >= 0.3 is 0 Å². The van der Waals surface area contributed by atoms with Gasteiger partial charge in [-0.05, 0) is 56.9 Å². The van der Waals surface area contributed by atoms with Crippen molar-refractivity contribution in [3.05, 3.63) is 152 Å². The van der Waals surface area contributed by atoms with Crippen LogP contribution >= 0.6 is 0 Å². The first-order valence-corrected chi connectivity index (χ1v) is 15.0. The highest BCUT2D eigenvalue weighted by atomic mass is 16.3. The van der Waals surface area contributed by atoms with Gasteiger partial charge in [0.1, 0.15) is 11.2 Å². The molecule has 9 aromatic rings. The third-order valence-corrected chi connectivity index (χ3v) is 8.51. The zero-order chi connectivity index (χ0) is 29.7. The molecule has 0 N–H and O–H groups in total. The van der Waals surface area contributed by atoms with E-state index >= 15 is 0 Å². The monoisotopic (exact) mass is 575 g/mol. The third kappa shape index (κ3) is 4.27. The van der Waals surface area contributed by atoms with Gasteiger partial charge in [0.2, 0.25) is 0 Å². The maximum Gasteiger partial charge on any atom is 0.164 e. The number of hydrogen-bond acceptors (Lipinski definition) is 4. The van der Waals surface area contributed by atoms with Crippen molar-refractivity contribution in [3.63, 3.8) is 0 Å². The molecule has 4 heteroatoms. The van der Waals surface area contributed by atoms with Gasteiger partial charge in [0.05, 0.1) is 0 Å². The Hall–Kier alpha value is -6.13. The first-order valence-electron chi connectivity index (χ1n) is 15.0. The van der Waals surface area contributed by atoms with Gasteiger partial charge in [-0.2, -0.15) is 0 Å². The highest BCUT2D eigenvalue weighted by molar-refractivity contribution is 6.19. The zero-order valence-corrected chi connectivity index (χ0v) is 24.2. The van der Waals surface area contributed by atoms with Crippen LogP contribution in [0.15, 0.2) is 156 Å². The molecule has 0 saturated carbocycles. The predicted octanol–water partition coefficient (Wildman–Crippen LogP) is 10.7. The fourth-order valence-corrected chi connectivity index (χ4v) is 6.40. The molecule has 9 rings (SSSR count). The van der Waals surface area contributed by atoms with Crippen molar-refractivity contribution in [1.82, 2.24) is 15.0 Å². The van der Waals surface area contributed by atoms with Crippen LogP contribution in [0.1, 0.15) is 0 Å². The Balaban J connectivity index is 1.24. The number of benzene rings is 7. The van der Waals surface area contributed by atoms with Gasteiger partial charge in [0.25, 0.3) is 0 Å². The molecular weight excluding hydrogens is 550 g/mol. The number of fused-ring (bicyclic) bond motifs is 6. The summed E-state index contributed by atoms with van der Waals surface area (Å²) in [4.78, 5) is 14.7. The van der Waals surface area contributed by atoms with Crippen LogP contribution in [0.5, 0.6) is 0 Å². The van der Waals surface area contributed by atoms with E-state index in [2.05, 4.69) is 84.9 Å². The molecule has 7 aromatic carbocycles. The van der Waals surface area contributed by atoms with Crippen molar-refractivity contribution in [2.75, 3.05) is 0 Å². The van der Waals surface area contributed by atoms with Crippen LogP contribution in [-0.2, 0) is 0 Å². The van der Waals surface area contributed by atoms with E-state index in [-0.39, 0.29) is 0 Å². The SMILES string of the molecule is c1ccc(-c2nc(-c3ccccc3)nc(-c3ccc4c(c3)oc3cccc(-c5cc6ccccc6c6ccccc56)c34)n2)cc1. The number of nitrogens with zero attached hydrogens (tertiary/aromatic N) is 3. The molecule has 0 atom stereocenters. The minimum absolute atomic E-state index is 0.603. The second-order valence-electron chi connectivity index (χ2n) is 11.2. The summed E-state index contributed by atoms with van der Waals surface area (Å²) >= 11 is 0. The average molecular weight is 576 g/mol. The first kappa shape index (κ1) is 25.4. The van der Waals surface area contributed by atoms with Crippen LogP contribution in [0.25, 0.3) is 88.8 Å². The quantitative estimate of drug-likeness (QED) is 0.196. The molecule has 0 bridgehead atoms. The molecule has 0 aliphatic carbocycles. The maximum absolute atomic E-state index is 6.53. The summed E-state index contributed by atoms with van der Waals surface area (Å²) in [6.07, 6.45) is 0. The lowest BCUT2D eigenvalue weighted by Crippen LogP contribution is -2.00. The summed E-state index contributed by atoms with van der Waals surface area (Å²) in [5, 5.41) is 7.11. The maximum atomic E-state index is 6.53. The van der Waals surface area contributed by atoms with Gasteiger partial charge in [0.15, 0.2) is 17.5 Å². The lowest BCUT2D eigenvalue weighted by molar-refractivity contribution is 0.669. The Morgan fingerprint density at radius 1 is 0.356 bits per heavy atom. The van der Waals surface area contributed by atoms with Crippen LogP contribution < -0.4 is 0 Å². The molecule has 0 fully saturated rings. The van der Waals surface area contributed by atoms with Crippen LogP contribution in [0.3, 0.4) is 0 Å². The molecule has 0 spiro atoms. The molecule has 0 amide bonds. The molecular formula is C41H25N3O. The van der Waals surface area contributed by atoms with E-state index in [0.717, 1.165) is 44.2 Å². The van der Waals surface area contributed by atoms with E-state index in [1.54, 1.807) is 0 Å². The molecule has 4 nitrogen and oxygen atoms in total. The highest BCUT2D eigenvalue weighted by Gasteiger charge is 2.18. The summed E-state index contributed by atoms with van der Waals surface area (Å²) < 4.78 is 6.53. The summed E-state index contributed by atoms with van der Waals surface area (Å²) in [5.41, 5.74) is 6.74. The summed E-state index contributed by atoms with van der Waals surface area (Å²) in [5.74, 6) is 1.87. The number of rotatable bonds is 4. The normalized spacial score (nSPS) is 11.6. The predicted molar refractivity (Wildman–Crippen MR) is 184 cm³/mol. The van der Waals surface area contributed by atoms with Crippen molar-refractivity contribution >= 4 is 43.5 Å². The summed E-state index contributed by atoms with van der Waals surface area (Å²) in [6.45, 7) is 0. The van der Waals surface area contributed by atoms with Crippen molar-refractivity contribution < 1.29 is 4.42 Å². The molecule has 0 radical (unpaired) electrons. The van der Waals surface area contributed by atoms with Gasteiger partial charge in [-0.25, -0.2) is 15.0 Å². The molecule has 210 valence electrons. The van der Waals surface area contributed by atoms with Crippen molar-refractivity contribution in [2.24, 2.45) is 0 Å². The molecule has 0 saturated heterocycles. The lowest BCUT2D eigenvalue weighted by Gasteiger charge is -2.12. The Morgan fingerprint density at radius 3 is 1.67 bits per heavy atom. The number of hydrogen-bond donors (Lipinski definition) is 0. The second-order valence-corrected chi connectivity index (χ2v) is 11.2. The Labute approximate surface area is 259 Å². The average Bonchev–Trinajstić information content (AvgIpc) is 3.50. The van der Waals surface area contributed by atoms with E-state index in [1.165, 1.54) is 27.1 Å². The van der Waals surface area contributed by atoms with E-state index < -0.39 is 0 Å². The van der Waals surface area contributed by atoms with Crippen LogP contribution in [-0.4, -0.2) is 15.0 Å². The fourth-order valence-electron chi connectivity index (χ4n) is 6.40. The minimum Gasteiger partial charge on any atom is -0.456 e. The van der Waals surface area contributed by atoms with E-state index in [4.69, 9.17) is 19.4 Å². The summed E-state index contributed by atoms with van der Waals surface area (Å²) in [7, 11) is 0. The van der Waals surface area contributed by atoms with Gasteiger partial charge in [-0.1, -0.05) is 127 Å². The number of furan rings is 1. The molecule has 45 heavy (non-hydrogen) atoms. The topological polar surface area (TPSA) is 51.8 Å². The van der Waals surface area contributed by atoms with Crippen molar-refractivity contribution in [2.45, 2.75) is 0 Å². The van der Waals surface area contributed by atoms with Gasteiger partial charge in [0, 0.05) is 27.5 Å². The standard InChI is InChI=1S/C41H25N3O/c1-3-12-26(13-4-1)39-42-40(27-14-5-2-6-15-27)44-41(43-39)29-22-23-34-37(25-29)45-36-21-11-20-33(38(34)36)35-24-28-16-7-8-17-30(28)31-18-9-10-19-32(31)35/h1-25H. The van der Waals surface area contributed by atoms with E-state index in [0.29, 0.717) is 17.5 Å². The summed E-state index contributed by atoms with van der Waals surface area (Å²) in [6, 6.07) is 52.2. The zero-order valence-electron chi connectivity index (χ0n) is 24.2. The van der Waals surface area contributed by atoms with Crippen LogP contribution in [0.4, 0.5) is 0 Å². The highest BCUT2D eigenvalue weighted by Crippen LogP contribution is 2.42. The van der Waals surface area contributed by atoms with Gasteiger partial charge in [-0.3, -0.25) is 0 Å². The Morgan fingerprint density at radius 2 is 0.956 bits per heavy atom. The lowest BCUT2D eigenvalue weighted by atomic mass is 9.91. The van der Waals surface area contributed by atoms with Crippen LogP contribution in [0, 0.1) is 0 Å². The molecule has 0 unspecified atom stereocenters. The third-order valence-electron chi connectivity index (χ3n) is 8.51. The molecule has 0 aliphatic rings. The molecule has 2 aromatic heterocycles. The van der Waals surface area contributed by atoms with Gasteiger partial charge < -0.3 is 4.42 Å². The Kier molecular flexibility index (Phi) is 5.78. The molecule has 2 heterocycles. The van der Waals surface area contributed by atoms with Crippen LogP contribution in [0.2, 0.25) is 0 Å². The van der Waals surface area contributed by atoms with Gasteiger partial charge in [-0.15, -0.1) is 0 Å². The Bertz CT molecular complexity index is 2480. The second kappa shape index (κ2) is 10.2. The first-order chi connectivity index (χ1) is 22.3.